The summed E-state index contributed by atoms with van der Waals surface area (Å²) in [6.45, 7) is 6.18. The molecular formula is C20H36O6. The van der Waals surface area contributed by atoms with Crippen LogP contribution in [-0.4, -0.2) is 65.4 Å². The van der Waals surface area contributed by atoms with Crippen LogP contribution in [0.5, 0.6) is 0 Å². The maximum absolute atomic E-state index is 11.5. The molecule has 6 nitrogen and oxygen atoms in total. The quantitative estimate of drug-likeness (QED) is 0.186. The second kappa shape index (κ2) is 21.9. The first kappa shape index (κ1) is 24.9. The van der Waals surface area contributed by atoms with Crippen LogP contribution in [0.3, 0.4) is 0 Å². The molecule has 0 fully saturated rings. The highest BCUT2D eigenvalue weighted by Crippen LogP contribution is 2.07. The van der Waals surface area contributed by atoms with Crippen molar-refractivity contribution in [3.8, 4) is 12.3 Å². The van der Waals surface area contributed by atoms with E-state index in [1.54, 1.807) is 0 Å². The van der Waals surface area contributed by atoms with Gasteiger partial charge in [-0.15, -0.1) is 6.42 Å². The zero-order valence-electron chi connectivity index (χ0n) is 16.3. The van der Waals surface area contributed by atoms with Crippen molar-refractivity contribution in [2.45, 2.75) is 51.9 Å². The normalized spacial score (nSPS) is 10.6. The van der Waals surface area contributed by atoms with Crippen molar-refractivity contribution in [2.75, 3.05) is 59.5 Å². The summed E-state index contributed by atoms with van der Waals surface area (Å²) in [7, 11) is 0. The summed E-state index contributed by atoms with van der Waals surface area (Å²) in [6, 6.07) is 0. The van der Waals surface area contributed by atoms with Crippen molar-refractivity contribution >= 4 is 5.97 Å². The van der Waals surface area contributed by atoms with E-state index in [9.17, 15) is 4.79 Å². The third kappa shape index (κ3) is 20.9. The van der Waals surface area contributed by atoms with Crippen molar-refractivity contribution < 1.29 is 28.5 Å². The third-order valence-electron chi connectivity index (χ3n) is 3.53. The minimum atomic E-state index is -0.135. The van der Waals surface area contributed by atoms with E-state index in [2.05, 4.69) is 12.8 Å². The van der Waals surface area contributed by atoms with Crippen LogP contribution >= 0.6 is 0 Å². The molecular weight excluding hydrogens is 336 g/mol. The van der Waals surface area contributed by atoms with Crippen molar-refractivity contribution in [2.24, 2.45) is 0 Å². The smallest absolute Gasteiger partial charge is 0.305 e. The van der Waals surface area contributed by atoms with Gasteiger partial charge in [-0.05, 0) is 6.42 Å². The van der Waals surface area contributed by atoms with Gasteiger partial charge < -0.3 is 23.7 Å². The van der Waals surface area contributed by atoms with E-state index in [4.69, 9.17) is 30.1 Å². The van der Waals surface area contributed by atoms with E-state index >= 15 is 0 Å². The Balaban J connectivity index is 3.12. The van der Waals surface area contributed by atoms with Gasteiger partial charge in [-0.1, -0.05) is 44.9 Å². The Hall–Kier alpha value is -1.13. The standard InChI is InChI=1S/C20H36O6/c1-3-5-6-7-8-9-10-20(21)26-19-18-25-17-16-24-15-14-23-13-12-22-11-4-2/h2H,3,5-19H2,1H3. The molecule has 0 bridgehead atoms. The summed E-state index contributed by atoms with van der Waals surface area (Å²) in [5.74, 6) is 2.25. The van der Waals surface area contributed by atoms with E-state index < -0.39 is 0 Å². The summed E-state index contributed by atoms with van der Waals surface area (Å²) in [5.41, 5.74) is 0. The summed E-state index contributed by atoms with van der Waals surface area (Å²) in [5, 5.41) is 0. The van der Waals surface area contributed by atoms with Crippen molar-refractivity contribution in [3.63, 3.8) is 0 Å². The van der Waals surface area contributed by atoms with Crippen LogP contribution in [0.2, 0.25) is 0 Å². The van der Waals surface area contributed by atoms with Gasteiger partial charge in [0.25, 0.3) is 0 Å². The predicted molar refractivity (Wildman–Crippen MR) is 101 cm³/mol. The fourth-order valence-corrected chi connectivity index (χ4v) is 2.13. The molecule has 0 rings (SSSR count). The largest absolute Gasteiger partial charge is 0.463 e. The van der Waals surface area contributed by atoms with E-state index in [0.717, 1.165) is 12.8 Å². The zero-order chi connectivity index (χ0) is 19.1. The third-order valence-corrected chi connectivity index (χ3v) is 3.53. The van der Waals surface area contributed by atoms with Gasteiger partial charge in [-0.2, -0.15) is 0 Å². The summed E-state index contributed by atoms with van der Waals surface area (Å²) >= 11 is 0. The van der Waals surface area contributed by atoms with Crippen LogP contribution in [0, 0.1) is 12.3 Å². The van der Waals surface area contributed by atoms with Gasteiger partial charge in [0.15, 0.2) is 0 Å². The summed E-state index contributed by atoms with van der Waals surface area (Å²) in [4.78, 5) is 11.5. The molecule has 0 aliphatic heterocycles. The SMILES string of the molecule is C#CCOCCOCCOCCOCCOC(=O)CCCCCCCC. The fraction of sp³-hybridized carbons (Fsp3) is 0.850. The van der Waals surface area contributed by atoms with Gasteiger partial charge in [-0.3, -0.25) is 4.79 Å². The average Bonchev–Trinajstić information content (AvgIpc) is 2.65. The molecule has 0 radical (unpaired) electrons. The molecule has 0 aliphatic carbocycles. The molecule has 0 heterocycles. The highest BCUT2D eigenvalue weighted by Gasteiger charge is 2.02. The first-order valence-corrected chi connectivity index (χ1v) is 9.71. The Kier molecular flexibility index (Phi) is 21.0. The molecule has 0 spiro atoms. The van der Waals surface area contributed by atoms with Crippen LogP contribution in [0.1, 0.15) is 51.9 Å². The van der Waals surface area contributed by atoms with E-state index in [0.29, 0.717) is 65.9 Å². The number of unbranched alkanes of at least 4 members (excludes halogenated alkanes) is 5. The zero-order valence-corrected chi connectivity index (χ0v) is 16.3. The first-order valence-electron chi connectivity index (χ1n) is 9.71. The monoisotopic (exact) mass is 372 g/mol. The molecule has 0 amide bonds. The summed E-state index contributed by atoms with van der Waals surface area (Å²) < 4.78 is 26.2. The molecule has 0 aromatic rings. The Labute approximate surface area is 158 Å². The number of carbonyl (C=O) groups excluding carboxylic acids is 1. The molecule has 0 N–H and O–H groups in total. The molecule has 6 heteroatoms. The molecule has 0 saturated carbocycles. The van der Waals surface area contributed by atoms with E-state index in [1.807, 2.05) is 0 Å². The number of ether oxygens (including phenoxy) is 5. The van der Waals surface area contributed by atoms with Gasteiger partial charge in [0.2, 0.25) is 0 Å². The van der Waals surface area contributed by atoms with Crippen LogP contribution < -0.4 is 0 Å². The Morgan fingerprint density at radius 2 is 1.23 bits per heavy atom. The molecule has 0 atom stereocenters. The highest BCUT2D eigenvalue weighted by molar-refractivity contribution is 5.69. The van der Waals surface area contributed by atoms with Crippen molar-refractivity contribution in [3.05, 3.63) is 0 Å². The fourth-order valence-electron chi connectivity index (χ4n) is 2.13. The van der Waals surface area contributed by atoms with Crippen LogP contribution in [0.25, 0.3) is 0 Å². The minimum absolute atomic E-state index is 0.135. The van der Waals surface area contributed by atoms with Gasteiger partial charge in [0, 0.05) is 6.42 Å². The molecule has 0 aromatic carbocycles. The lowest BCUT2D eigenvalue weighted by molar-refractivity contribution is -0.145. The van der Waals surface area contributed by atoms with E-state index in [-0.39, 0.29) is 5.97 Å². The molecule has 0 aliphatic rings. The second-order valence-corrected chi connectivity index (χ2v) is 5.83. The molecule has 0 unspecified atom stereocenters. The summed E-state index contributed by atoms with van der Waals surface area (Å²) in [6.07, 6.45) is 12.5. The van der Waals surface area contributed by atoms with Crippen LogP contribution in [0.4, 0.5) is 0 Å². The number of carbonyl (C=O) groups is 1. The van der Waals surface area contributed by atoms with Gasteiger partial charge in [-0.25, -0.2) is 0 Å². The minimum Gasteiger partial charge on any atom is -0.463 e. The molecule has 152 valence electrons. The number of esters is 1. The lowest BCUT2D eigenvalue weighted by Gasteiger charge is -2.07. The van der Waals surface area contributed by atoms with Gasteiger partial charge in [0.05, 0.1) is 46.2 Å². The van der Waals surface area contributed by atoms with Gasteiger partial charge >= 0.3 is 5.97 Å². The van der Waals surface area contributed by atoms with E-state index in [1.165, 1.54) is 25.7 Å². The first-order chi connectivity index (χ1) is 12.8. The molecule has 0 aromatic heterocycles. The number of hydrogen-bond donors (Lipinski definition) is 0. The highest BCUT2D eigenvalue weighted by atomic mass is 16.6. The van der Waals surface area contributed by atoms with Crippen molar-refractivity contribution in [1.82, 2.24) is 0 Å². The maximum atomic E-state index is 11.5. The number of hydrogen-bond acceptors (Lipinski definition) is 6. The number of rotatable bonds is 20. The van der Waals surface area contributed by atoms with Gasteiger partial charge in [0.1, 0.15) is 13.2 Å². The topological polar surface area (TPSA) is 63.2 Å². The lowest BCUT2D eigenvalue weighted by Crippen LogP contribution is -2.14. The Morgan fingerprint density at radius 1 is 0.731 bits per heavy atom. The second-order valence-electron chi connectivity index (χ2n) is 5.83. The van der Waals surface area contributed by atoms with Crippen LogP contribution in [-0.2, 0) is 28.5 Å². The predicted octanol–water partition coefficient (Wildman–Crippen LogP) is 2.98. The number of terminal acetylenes is 1. The lowest BCUT2D eigenvalue weighted by atomic mass is 10.1. The van der Waals surface area contributed by atoms with Crippen molar-refractivity contribution in [1.29, 1.82) is 0 Å². The maximum Gasteiger partial charge on any atom is 0.305 e. The average molecular weight is 373 g/mol. The molecule has 26 heavy (non-hydrogen) atoms. The Morgan fingerprint density at radius 3 is 1.81 bits per heavy atom. The Bertz CT molecular complexity index is 340. The molecule has 0 saturated heterocycles. The van der Waals surface area contributed by atoms with Crippen LogP contribution in [0.15, 0.2) is 0 Å².